The first-order chi connectivity index (χ1) is 23.2. The van der Waals surface area contributed by atoms with Gasteiger partial charge in [0.1, 0.15) is 0 Å². The summed E-state index contributed by atoms with van der Waals surface area (Å²) in [6, 6.07) is 23.9. The number of fused-ring (bicyclic) bond motifs is 3. The highest BCUT2D eigenvalue weighted by Crippen LogP contribution is 2.41. The van der Waals surface area contributed by atoms with Crippen molar-refractivity contribution in [1.29, 1.82) is 0 Å². The molecule has 8 nitrogen and oxygen atoms in total. The molecule has 0 saturated carbocycles. The number of rotatable bonds is 13. The van der Waals surface area contributed by atoms with E-state index in [1.165, 1.54) is 51.9 Å². The molecule has 5 aromatic rings. The fraction of sp³-hybridized carbons (Fsp3) is 0.410. The van der Waals surface area contributed by atoms with Crippen molar-refractivity contribution in [3.8, 4) is 11.5 Å². The third kappa shape index (κ3) is 6.84. The van der Waals surface area contributed by atoms with Crippen molar-refractivity contribution in [2.24, 2.45) is 0 Å². The maximum atomic E-state index is 5.69. The summed E-state index contributed by atoms with van der Waals surface area (Å²) in [6.45, 7) is 3.68. The standard InChI is InChI=1S/C39H46N6O2/c1-46-36-25-29-20-23-44(39(28-13-5-3-6-14-28)33(29)26-37(36)47-2)22-12-4-7-15-30-27-45(43-42-30)24-21-40-38-31-16-8-10-18-34(31)41-35-19-11-9-17-32(35)38/h3,5-6,8,10,13-14,16,18,25-27,39H,4,7,9,11-12,15,17,19-24H2,1-2H3,(H,40,41)/t39-/m0/s1. The summed E-state index contributed by atoms with van der Waals surface area (Å²) in [7, 11) is 3.43. The molecule has 8 heteroatoms. The van der Waals surface area contributed by atoms with E-state index in [2.05, 4.69) is 93.5 Å². The van der Waals surface area contributed by atoms with Gasteiger partial charge in [0.25, 0.3) is 0 Å². The van der Waals surface area contributed by atoms with Crippen LogP contribution in [0, 0.1) is 0 Å². The van der Waals surface area contributed by atoms with Gasteiger partial charge in [0.15, 0.2) is 11.5 Å². The molecule has 0 spiro atoms. The lowest BCUT2D eigenvalue weighted by atomic mass is 9.87. The first-order valence-electron chi connectivity index (χ1n) is 17.3. The van der Waals surface area contributed by atoms with Crippen molar-refractivity contribution >= 4 is 16.6 Å². The highest BCUT2D eigenvalue weighted by Gasteiger charge is 2.30. The summed E-state index contributed by atoms with van der Waals surface area (Å²) in [5, 5.41) is 13.9. The highest BCUT2D eigenvalue weighted by atomic mass is 16.5. The number of pyridine rings is 1. The highest BCUT2D eigenvalue weighted by molar-refractivity contribution is 5.93. The van der Waals surface area contributed by atoms with Gasteiger partial charge in [-0.3, -0.25) is 14.6 Å². The van der Waals surface area contributed by atoms with Crippen LogP contribution < -0.4 is 14.8 Å². The Labute approximate surface area is 278 Å². The minimum Gasteiger partial charge on any atom is -0.493 e. The number of nitrogens with one attached hydrogen (secondary N) is 1. The zero-order chi connectivity index (χ0) is 32.0. The van der Waals surface area contributed by atoms with Crippen LogP contribution in [-0.4, -0.2) is 58.7 Å². The zero-order valence-corrected chi connectivity index (χ0v) is 27.8. The van der Waals surface area contributed by atoms with Crippen molar-refractivity contribution in [2.45, 2.75) is 70.4 Å². The molecule has 7 rings (SSSR count). The second-order valence-corrected chi connectivity index (χ2v) is 12.9. The van der Waals surface area contributed by atoms with E-state index in [-0.39, 0.29) is 6.04 Å². The molecule has 244 valence electrons. The molecule has 0 fully saturated rings. The van der Waals surface area contributed by atoms with Crippen molar-refractivity contribution in [3.63, 3.8) is 0 Å². The Morgan fingerprint density at radius 3 is 2.53 bits per heavy atom. The van der Waals surface area contributed by atoms with Gasteiger partial charge >= 0.3 is 0 Å². The first kappa shape index (κ1) is 31.2. The predicted octanol–water partition coefficient (Wildman–Crippen LogP) is 7.19. The van der Waals surface area contributed by atoms with E-state index in [4.69, 9.17) is 14.5 Å². The van der Waals surface area contributed by atoms with Crippen molar-refractivity contribution in [2.75, 3.05) is 39.2 Å². The van der Waals surface area contributed by atoms with Gasteiger partial charge in [-0.2, -0.15) is 0 Å². The third-order valence-electron chi connectivity index (χ3n) is 9.87. The molecule has 2 aromatic heterocycles. The molecular formula is C39H46N6O2. The van der Waals surface area contributed by atoms with Gasteiger partial charge < -0.3 is 14.8 Å². The Balaban J connectivity index is 0.922. The minimum absolute atomic E-state index is 0.212. The van der Waals surface area contributed by atoms with Crippen LogP contribution in [-0.2, 0) is 32.2 Å². The number of ether oxygens (including phenoxy) is 2. The largest absolute Gasteiger partial charge is 0.493 e. The summed E-state index contributed by atoms with van der Waals surface area (Å²) in [6.07, 6.45) is 12.1. The summed E-state index contributed by atoms with van der Waals surface area (Å²) < 4.78 is 13.3. The van der Waals surface area contributed by atoms with E-state index in [0.717, 1.165) is 93.8 Å². The van der Waals surface area contributed by atoms with E-state index in [9.17, 15) is 0 Å². The number of hydrogen-bond donors (Lipinski definition) is 1. The Bertz CT molecular complexity index is 1800. The van der Waals surface area contributed by atoms with Gasteiger partial charge in [-0.1, -0.05) is 60.2 Å². The lowest BCUT2D eigenvalue weighted by molar-refractivity contribution is 0.207. The van der Waals surface area contributed by atoms with E-state index >= 15 is 0 Å². The van der Waals surface area contributed by atoms with Crippen molar-refractivity contribution in [3.05, 3.63) is 107 Å². The number of unbranched alkanes of at least 4 members (excludes halogenated alkanes) is 2. The molecule has 1 N–H and O–H groups in total. The maximum absolute atomic E-state index is 5.69. The molecular weight excluding hydrogens is 584 g/mol. The Kier molecular flexibility index (Phi) is 9.65. The Hall–Kier alpha value is -4.43. The number of anilines is 1. The molecule has 47 heavy (non-hydrogen) atoms. The lowest BCUT2D eigenvalue weighted by Gasteiger charge is -2.38. The van der Waals surface area contributed by atoms with Crippen LogP contribution in [0.3, 0.4) is 0 Å². The fourth-order valence-corrected chi connectivity index (χ4v) is 7.49. The molecule has 0 radical (unpaired) electrons. The molecule has 1 atom stereocenters. The third-order valence-corrected chi connectivity index (χ3v) is 9.87. The number of nitrogens with zero attached hydrogens (tertiary/aromatic N) is 5. The van der Waals surface area contributed by atoms with Crippen LogP contribution in [0.25, 0.3) is 10.9 Å². The Morgan fingerprint density at radius 1 is 0.851 bits per heavy atom. The summed E-state index contributed by atoms with van der Waals surface area (Å²) >= 11 is 0. The monoisotopic (exact) mass is 630 g/mol. The quantitative estimate of drug-likeness (QED) is 0.138. The number of para-hydroxylation sites is 1. The number of hydrogen-bond acceptors (Lipinski definition) is 7. The van der Waals surface area contributed by atoms with E-state index in [1.807, 2.05) is 4.68 Å². The summed E-state index contributed by atoms with van der Waals surface area (Å²) in [5.74, 6) is 1.60. The van der Waals surface area contributed by atoms with Gasteiger partial charge in [0, 0.05) is 36.1 Å². The van der Waals surface area contributed by atoms with Crippen LogP contribution in [0.1, 0.15) is 71.8 Å². The molecule has 1 aliphatic heterocycles. The lowest BCUT2D eigenvalue weighted by Crippen LogP contribution is -2.36. The molecule has 1 aliphatic carbocycles. The van der Waals surface area contributed by atoms with Gasteiger partial charge in [0.05, 0.1) is 38.0 Å². The molecule has 2 aliphatic rings. The number of methoxy groups -OCH3 is 2. The second-order valence-electron chi connectivity index (χ2n) is 12.9. The average molecular weight is 631 g/mol. The van der Waals surface area contributed by atoms with Crippen LogP contribution in [0.15, 0.2) is 72.9 Å². The minimum atomic E-state index is 0.212. The molecule has 3 aromatic carbocycles. The van der Waals surface area contributed by atoms with Gasteiger partial charge in [-0.05, 0) is 98.4 Å². The van der Waals surface area contributed by atoms with Gasteiger partial charge in [0.2, 0.25) is 0 Å². The van der Waals surface area contributed by atoms with E-state index in [0.29, 0.717) is 0 Å². The Morgan fingerprint density at radius 2 is 1.66 bits per heavy atom. The van der Waals surface area contributed by atoms with Gasteiger partial charge in [-0.25, -0.2) is 0 Å². The molecule has 0 unspecified atom stereocenters. The summed E-state index contributed by atoms with van der Waals surface area (Å²) in [5.41, 5.74) is 10.1. The van der Waals surface area contributed by atoms with Crippen LogP contribution in [0.2, 0.25) is 0 Å². The van der Waals surface area contributed by atoms with E-state index < -0.39 is 0 Å². The maximum Gasteiger partial charge on any atom is 0.161 e. The van der Waals surface area contributed by atoms with Crippen molar-refractivity contribution in [1.82, 2.24) is 24.9 Å². The molecule has 3 heterocycles. The number of aryl methyl sites for hydroxylation is 2. The topological polar surface area (TPSA) is 77.3 Å². The average Bonchev–Trinajstić information content (AvgIpc) is 3.58. The fourth-order valence-electron chi connectivity index (χ4n) is 7.49. The zero-order valence-electron chi connectivity index (χ0n) is 27.8. The number of aromatic nitrogens is 4. The van der Waals surface area contributed by atoms with Gasteiger partial charge in [-0.15, -0.1) is 5.10 Å². The molecule has 0 saturated heterocycles. The predicted molar refractivity (Wildman–Crippen MR) is 188 cm³/mol. The van der Waals surface area contributed by atoms with Crippen molar-refractivity contribution < 1.29 is 9.47 Å². The molecule has 0 bridgehead atoms. The van der Waals surface area contributed by atoms with E-state index in [1.54, 1.807) is 14.2 Å². The SMILES string of the molecule is COc1cc2c(cc1OC)[C@H](c1ccccc1)N(CCCCCc1cn(CCNc3c4c(nc5ccccc35)CCCC4)nn1)CC2. The van der Waals surface area contributed by atoms with Crippen LogP contribution in [0.5, 0.6) is 11.5 Å². The number of benzene rings is 3. The van der Waals surface area contributed by atoms with Crippen LogP contribution in [0.4, 0.5) is 5.69 Å². The normalized spacial score (nSPS) is 16.1. The first-order valence-corrected chi connectivity index (χ1v) is 17.3. The second kappa shape index (κ2) is 14.6. The smallest absolute Gasteiger partial charge is 0.161 e. The molecule has 0 amide bonds. The van der Waals surface area contributed by atoms with Crippen LogP contribution >= 0.6 is 0 Å². The summed E-state index contributed by atoms with van der Waals surface area (Å²) in [4.78, 5) is 7.61.